The molecule has 0 aliphatic carbocycles. The first kappa shape index (κ1) is 23.2. The molecule has 0 aliphatic rings. The second-order valence-electron chi connectivity index (χ2n) is 7.19. The highest BCUT2D eigenvalue weighted by atomic mass is 32.1. The van der Waals surface area contributed by atoms with Crippen LogP contribution < -0.4 is 26.7 Å². The lowest BCUT2D eigenvalue weighted by Crippen LogP contribution is -2.25. The smallest absolute Gasteiger partial charge is 0.269 e. The summed E-state index contributed by atoms with van der Waals surface area (Å²) in [6.45, 7) is 0. The number of nitrogens with one attached hydrogen (secondary N) is 2. The van der Waals surface area contributed by atoms with Crippen LogP contribution in [0.25, 0.3) is 0 Å². The van der Waals surface area contributed by atoms with Crippen molar-refractivity contribution < 1.29 is 4.92 Å². The molecule has 0 aromatic heterocycles. The van der Waals surface area contributed by atoms with Gasteiger partial charge < -0.3 is 5.32 Å². The van der Waals surface area contributed by atoms with Gasteiger partial charge in [0, 0.05) is 23.4 Å². The number of hydrazone groups is 1. The van der Waals surface area contributed by atoms with E-state index in [-0.39, 0.29) is 10.8 Å². The number of hydrogen-bond acceptors (Lipinski definition) is 4. The van der Waals surface area contributed by atoms with E-state index in [4.69, 9.17) is 12.2 Å². The predicted octanol–water partition coefficient (Wildman–Crippen LogP) is 4.67. The first-order valence-corrected chi connectivity index (χ1v) is 12.2. The molecule has 168 valence electrons. The average molecular weight is 485 g/mol. The van der Waals surface area contributed by atoms with Crippen LogP contribution in [0, 0.1) is 10.1 Å². The van der Waals surface area contributed by atoms with Crippen LogP contribution in [0.1, 0.15) is 5.56 Å². The lowest BCUT2D eigenvalue weighted by Gasteiger charge is -2.21. The summed E-state index contributed by atoms with van der Waals surface area (Å²) in [7, 11) is -0.770. The van der Waals surface area contributed by atoms with Gasteiger partial charge in [-0.3, -0.25) is 15.5 Å². The second-order valence-corrected chi connectivity index (χ2v) is 9.79. The van der Waals surface area contributed by atoms with Crippen LogP contribution in [0.2, 0.25) is 0 Å². The Morgan fingerprint density at radius 2 is 1.38 bits per heavy atom. The molecule has 8 heteroatoms. The molecule has 4 rings (SSSR count). The molecule has 0 heterocycles. The van der Waals surface area contributed by atoms with E-state index in [1.807, 2.05) is 30.3 Å². The maximum atomic E-state index is 10.8. The number of benzene rings is 4. The van der Waals surface area contributed by atoms with Crippen LogP contribution in [0.4, 0.5) is 11.4 Å². The van der Waals surface area contributed by atoms with Crippen LogP contribution in [-0.4, -0.2) is 16.3 Å². The fourth-order valence-corrected chi connectivity index (χ4v) is 5.96. The monoisotopic (exact) mass is 484 g/mol. The maximum Gasteiger partial charge on any atom is 0.269 e. The third-order valence-electron chi connectivity index (χ3n) is 4.91. The first-order chi connectivity index (χ1) is 16.6. The van der Waals surface area contributed by atoms with Crippen molar-refractivity contribution in [2.45, 2.75) is 0 Å². The van der Waals surface area contributed by atoms with Crippen molar-refractivity contribution in [2.75, 3.05) is 5.32 Å². The fourth-order valence-electron chi connectivity index (χ4n) is 3.37. The van der Waals surface area contributed by atoms with Crippen molar-refractivity contribution in [1.82, 2.24) is 5.43 Å². The Balaban J connectivity index is 1.53. The minimum Gasteiger partial charge on any atom is -0.331 e. The first-order valence-electron chi connectivity index (χ1n) is 10.5. The predicted molar refractivity (Wildman–Crippen MR) is 145 cm³/mol. The van der Waals surface area contributed by atoms with Crippen LogP contribution in [-0.2, 0) is 0 Å². The quantitative estimate of drug-likeness (QED) is 0.131. The van der Waals surface area contributed by atoms with Gasteiger partial charge in [0.25, 0.3) is 5.69 Å². The number of anilines is 1. The van der Waals surface area contributed by atoms with Crippen molar-refractivity contribution in [3.8, 4) is 0 Å². The lowest BCUT2D eigenvalue weighted by atomic mass is 10.2. The van der Waals surface area contributed by atoms with Gasteiger partial charge in [-0.15, -0.1) is 0 Å². The Bertz CT molecular complexity index is 1260. The molecular weight excluding hydrogens is 463 g/mol. The van der Waals surface area contributed by atoms with Gasteiger partial charge in [-0.25, -0.2) is 0 Å². The third-order valence-corrected chi connectivity index (χ3v) is 7.62. The van der Waals surface area contributed by atoms with Crippen LogP contribution in [0.15, 0.2) is 114 Å². The largest absolute Gasteiger partial charge is 0.331 e. The highest BCUT2D eigenvalue weighted by molar-refractivity contribution is 7.80. The molecule has 0 aliphatic heterocycles. The van der Waals surface area contributed by atoms with Crippen molar-refractivity contribution in [1.29, 1.82) is 0 Å². The van der Waals surface area contributed by atoms with E-state index in [0.717, 1.165) is 5.56 Å². The molecule has 0 saturated carbocycles. The summed E-state index contributed by atoms with van der Waals surface area (Å²) in [5.41, 5.74) is 4.47. The number of nitro benzene ring substituents is 1. The van der Waals surface area contributed by atoms with E-state index in [9.17, 15) is 10.1 Å². The maximum absolute atomic E-state index is 10.8. The van der Waals surface area contributed by atoms with Crippen LogP contribution in [0.3, 0.4) is 0 Å². The normalized spacial score (nSPS) is 10.9. The summed E-state index contributed by atoms with van der Waals surface area (Å²) in [5, 5.41) is 22.1. The van der Waals surface area contributed by atoms with E-state index in [1.165, 1.54) is 28.0 Å². The zero-order chi connectivity index (χ0) is 23.8. The Morgan fingerprint density at radius 3 is 1.97 bits per heavy atom. The highest BCUT2D eigenvalue weighted by Crippen LogP contribution is 2.33. The molecule has 4 aromatic rings. The standard InChI is InChI=1S/C26H21N4O2PS/c31-30(32)22-17-15-21(16-18-22)28-26(34)29-27-19-20-9-7-8-14-25(20)33(23-10-3-1-4-11-23)24-12-5-2-6-13-24/h1-19H,(H2,28,29,34)/b27-19+. The number of rotatable bonds is 7. The number of thiocarbonyl (C=S) groups is 1. The van der Waals surface area contributed by atoms with Gasteiger partial charge in [-0.05, 0) is 48.2 Å². The van der Waals surface area contributed by atoms with Crippen molar-refractivity contribution in [3.05, 3.63) is 125 Å². The summed E-state index contributed by atoms with van der Waals surface area (Å²) in [6.07, 6.45) is 1.76. The molecule has 0 atom stereocenters. The summed E-state index contributed by atoms with van der Waals surface area (Å²) in [5.74, 6) is 0. The molecule has 34 heavy (non-hydrogen) atoms. The molecule has 0 spiro atoms. The molecule has 0 bridgehead atoms. The van der Waals surface area contributed by atoms with E-state index in [0.29, 0.717) is 5.69 Å². The van der Waals surface area contributed by atoms with Crippen molar-refractivity contribution >= 4 is 58.8 Å². The number of non-ortho nitro benzene ring substituents is 1. The molecule has 0 saturated heterocycles. The topological polar surface area (TPSA) is 79.6 Å². The van der Waals surface area contributed by atoms with Gasteiger partial charge in [0.05, 0.1) is 11.1 Å². The van der Waals surface area contributed by atoms with E-state index >= 15 is 0 Å². The molecule has 0 unspecified atom stereocenters. The summed E-state index contributed by atoms with van der Waals surface area (Å²) < 4.78 is 0. The number of nitro groups is 1. The van der Waals surface area contributed by atoms with Gasteiger partial charge in [-0.1, -0.05) is 84.9 Å². The number of nitrogens with zero attached hydrogens (tertiary/aromatic N) is 2. The summed E-state index contributed by atoms with van der Waals surface area (Å²) >= 11 is 5.31. The molecule has 6 nitrogen and oxygen atoms in total. The Hall–Kier alpha value is -3.93. The third kappa shape index (κ3) is 5.90. The SMILES string of the molecule is O=[N+]([O-])c1ccc(NC(=S)N/N=C/c2ccccc2P(c2ccccc2)c2ccccc2)cc1. The average Bonchev–Trinajstić information content (AvgIpc) is 2.87. The summed E-state index contributed by atoms with van der Waals surface area (Å²) in [4.78, 5) is 10.4. The Morgan fingerprint density at radius 1 is 0.824 bits per heavy atom. The minimum absolute atomic E-state index is 0.0207. The molecular formula is C26H21N4O2PS. The zero-order valence-electron chi connectivity index (χ0n) is 18.0. The minimum atomic E-state index is -0.770. The molecule has 0 fully saturated rings. The summed E-state index contributed by atoms with van der Waals surface area (Å²) in [6, 6.07) is 35.2. The van der Waals surface area contributed by atoms with Crippen LogP contribution in [0.5, 0.6) is 0 Å². The van der Waals surface area contributed by atoms with Gasteiger partial charge >= 0.3 is 0 Å². The Kier molecular flexibility index (Phi) is 7.71. The molecule has 0 radical (unpaired) electrons. The molecule has 4 aromatic carbocycles. The van der Waals surface area contributed by atoms with Gasteiger partial charge in [-0.2, -0.15) is 5.10 Å². The second kappa shape index (κ2) is 11.3. The van der Waals surface area contributed by atoms with Gasteiger partial charge in [0.2, 0.25) is 0 Å². The van der Waals surface area contributed by atoms with Gasteiger partial charge in [0.1, 0.15) is 0 Å². The van der Waals surface area contributed by atoms with E-state index < -0.39 is 12.8 Å². The fraction of sp³-hybridized carbons (Fsp3) is 0. The lowest BCUT2D eigenvalue weighted by molar-refractivity contribution is -0.384. The number of hydrogen-bond donors (Lipinski definition) is 2. The van der Waals surface area contributed by atoms with E-state index in [1.54, 1.807) is 18.3 Å². The van der Waals surface area contributed by atoms with Crippen molar-refractivity contribution in [2.24, 2.45) is 5.10 Å². The van der Waals surface area contributed by atoms with E-state index in [2.05, 4.69) is 70.4 Å². The Labute approximate surface area is 204 Å². The molecule has 2 N–H and O–H groups in total. The van der Waals surface area contributed by atoms with Crippen molar-refractivity contribution in [3.63, 3.8) is 0 Å². The molecule has 0 amide bonds. The zero-order valence-corrected chi connectivity index (χ0v) is 19.7. The van der Waals surface area contributed by atoms with Gasteiger partial charge in [0.15, 0.2) is 5.11 Å². The van der Waals surface area contributed by atoms with Crippen LogP contribution >= 0.6 is 20.1 Å². The highest BCUT2D eigenvalue weighted by Gasteiger charge is 2.18.